The predicted octanol–water partition coefficient (Wildman–Crippen LogP) is 2.27. The molecule has 0 aromatic heterocycles. The third-order valence-corrected chi connectivity index (χ3v) is 2.14. The van der Waals surface area contributed by atoms with E-state index in [4.69, 9.17) is 4.74 Å². The van der Waals surface area contributed by atoms with E-state index in [1.165, 1.54) is 19.3 Å². The Hall–Kier alpha value is -1.90. The van der Waals surface area contributed by atoms with Gasteiger partial charge in [-0.15, -0.1) is 0 Å². The van der Waals surface area contributed by atoms with Crippen molar-refractivity contribution < 1.29 is 14.3 Å². The molecule has 0 heterocycles. The van der Waals surface area contributed by atoms with Crippen molar-refractivity contribution in [2.45, 2.75) is 7.43 Å². The van der Waals surface area contributed by atoms with Crippen molar-refractivity contribution in [1.29, 1.82) is 0 Å². The second-order valence-electron chi connectivity index (χ2n) is 2.94. The summed E-state index contributed by atoms with van der Waals surface area (Å²) in [6, 6.07) is 4.99. The molecule has 1 aliphatic carbocycles. The van der Waals surface area contributed by atoms with Crippen LogP contribution in [0.25, 0.3) is 0 Å². The number of rotatable bonds is 1. The number of hydrogen-bond donors (Lipinski definition) is 0. The van der Waals surface area contributed by atoms with Crippen molar-refractivity contribution >= 4 is 11.6 Å². The van der Waals surface area contributed by atoms with Crippen LogP contribution >= 0.6 is 0 Å². The van der Waals surface area contributed by atoms with Crippen molar-refractivity contribution in [3.63, 3.8) is 0 Å². The van der Waals surface area contributed by atoms with E-state index < -0.39 is 0 Å². The minimum Gasteiger partial charge on any atom is -0.496 e. The molecule has 0 unspecified atom stereocenters. The fraction of sp³-hybridized carbons (Fsp3) is 0.167. The van der Waals surface area contributed by atoms with Crippen LogP contribution in [-0.4, -0.2) is 18.7 Å². The van der Waals surface area contributed by atoms with Crippen molar-refractivity contribution in [2.75, 3.05) is 7.11 Å². The van der Waals surface area contributed by atoms with E-state index in [0.717, 1.165) is 0 Å². The van der Waals surface area contributed by atoms with E-state index in [1.807, 2.05) is 0 Å². The summed E-state index contributed by atoms with van der Waals surface area (Å²) < 4.78 is 5.02. The molecule has 15 heavy (non-hydrogen) atoms. The van der Waals surface area contributed by atoms with Crippen LogP contribution in [0.2, 0.25) is 0 Å². The highest BCUT2D eigenvalue weighted by atomic mass is 16.5. The molecule has 78 valence electrons. The van der Waals surface area contributed by atoms with Gasteiger partial charge in [-0.05, 0) is 18.2 Å². The van der Waals surface area contributed by atoms with Crippen molar-refractivity contribution in [3.05, 3.63) is 41.5 Å². The molecule has 0 saturated heterocycles. The fourth-order valence-corrected chi connectivity index (χ4v) is 1.49. The summed E-state index contributed by atoms with van der Waals surface area (Å²) in [4.78, 5) is 22.9. The zero-order chi connectivity index (χ0) is 10.1. The summed E-state index contributed by atoms with van der Waals surface area (Å²) in [5, 5.41) is 0. The van der Waals surface area contributed by atoms with E-state index >= 15 is 0 Å². The highest BCUT2D eigenvalue weighted by Crippen LogP contribution is 2.26. The van der Waals surface area contributed by atoms with E-state index in [1.54, 1.807) is 18.2 Å². The number of carbonyl (C=O) groups excluding carboxylic acids is 2. The summed E-state index contributed by atoms with van der Waals surface area (Å²) in [5.41, 5.74) is 0.777. The van der Waals surface area contributed by atoms with Gasteiger partial charge in [0.2, 0.25) is 0 Å². The molecule has 0 saturated carbocycles. The molecule has 1 aromatic rings. The van der Waals surface area contributed by atoms with Crippen LogP contribution < -0.4 is 4.74 Å². The van der Waals surface area contributed by atoms with Gasteiger partial charge in [-0.25, -0.2) is 0 Å². The van der Waals surface area contributed by atoms with Crippen LogP contribution in [0.1, 0.15) is 28.1 Å². The first-order valence-electron chi connectivity index (χ1n) is 4.18. The van der Waals surface area contributed by atoms with Gasteiger partial charge in [0.1, 0.15) is 5.75 Å². The number of allylic oxidation sites excluding steroid dienone is 2. The van der Waals surface area contributed by atoms with Gasteiger partial charge in [0.05, 0.1) is 12.7 Å². The van der Waals surface area contributed by atoms with Gasteiger partial charge >= 0.3 is 0 Å². The average molecular weight is 204 g/mol. The highest BCUT2D eigenvalue weighted by Gasteiger charge is 2.22. The molecule has 0 amide bonds. The van der Waals surface area contributed by atoms with Crippen LogP contribution in [0, 0.1) is 0 Å². The topological polar surface area (TPSA) is 43.4 Å². The van der Waals surface area contributed by atoms with Crippen LogP contribution in [0.15, 0.2) is 30.4 Å². The number of methoxy groups -OCH3 is 1. The van der Waals surface area contributed by atoms with Gasteiger partial charge < -0.3 is 4.74 Å². The molecule has 2 rings (SSSR count). The van der Waals surface area contributed by atoms with Crippen LogP contribution in [0.4, 0.5) is 0 Å². The SMILES string of the molecule is C.COc1cccc2c1C(=O)C=CC2=O. The maximum atomic E-state index is 11.5. The Kier molecular flexibility index (Phi) is 3.04. The van der Waals surface area contributed by atoms with Gasteiger partial charge in [0.25, 0.3) is 0 Å². The zero-order valence-electron chi connectivity index (χ0n) is 7.61. The molecule has 3 nitrogen and oxygen atoms in total. The quantitative estimate of drug-likeness (QED) is 0.704. The molecule has 1 aliphatic rings. The average Bonchev–Trinajstić information content (AvgIpc) is 2.23. The van der Waals surface area contributed by atoms with E-state index in [2.05, 4.69) is 0 Å². The summed E-state index contributed by atoms with van der Waals surface area (Å²) in [7, 11) is 1.48. The second kappa shape index (κ2) is 4.09. The monoisotopic (exact) mass is 204 g/mol. The summed E-state index contributed by atoms with van der Waals surface area (Å²) in [5.74, 6) is 0.112. The largest absolute Gasteiger partial charge is 0.496 e. The Morgan fingerprint density at radius 1 is 1.07 bits per heavy atom. The Morgan fingerprint density at radius 3 is 2.40 bits per heavy atom. The van der Waals surface area contributed by atoms with Crippen molar-refractivity contribution in [2.24, 2.45) is 0 Å². The number of carbonyl (C=O) groups is 2. The summed E-state index contributed by atoms with van der Waals surface area (Å²) in [6.45, 7) is 0. The van der Waals surface area contributed by atoms with Gasteiger partial charge in [-0.2, -0.15) is 0 Å². The minimum absolute atomic E-state index is 0. The molecule has 0 bridgehead atoms. The third-order valence-electron chi connectivity index (χ3n) is 2.14. The molecule has 0 spiro atoms. The maximum Gasteiger partial charge on any atom is 0.190 e. The Bertz CT molecular complexity index is 444. The zero-order valence-corrected chi connectivity index (χ0v) is 7.61. The second-order valence-corrected chi connectivity index (χ2v) is 2.94. The van der Waals surface area contributed by atoms with Crippen molar-refractivity contribution in [1.82, 2.24) is 0 Å². The predicted molar refractivity (Wildman–Crippen MR) is 57.5 cm³/mol. The van der Waals surface area contributed by atoms with E-state index in [-0.39, 0.29) is 19.0 Å². The molecule has 0 aliphatic heterocycles. The lowest BCUT2D eigenvalue weighted by Crippen LogP contribution is -2.12. The molecular weight excluding hydrogens is 192 g/mol. The minimum atomic E-state index is -0.183. The lowest BCUT2D eigenvalue weighted by Gasteiger charge is -2.12. The van der Waals surface area contributed by atoms with Gasteiger partial charge in [0, 0.05) is 5.56 Å². The lowest BCUT2D eigenvalue weighted by molar-refractivity contribution is 0.0991. The van der Waals surface area contributed by atoms with Crippen LogP contribution in [0.3, 0.4) is 0 Å². The Labute approximate surface area is 88.4 Å². The smallest absolute Gasteiger partial charge is 0.190 e. The number of ketones is 2. The van der Waals surface area contributed by atoms with Crippen molar-refractivity contribution in [3.8, 4) is 5.75 Å². The standard InChI is InChI=1S/C11H8O3.CH4/c1-14-10-4-2-3-7-8(12)5-6-9(13)11(7)10;/h2-6H,1H3;1H4. The van der Waals surface area contributed by atoms with E-state index in [9.17, 15) is 9.59 Å². The first-order chi connectivity index (χ1) is 6.74. The third kappa shape index (κ3) is 1.68. The normalized spacial score (nSPS) is 13.1. The first kappa shape index (κ1) is 11.2. The number of benzene rings is 1. The molecule has 0 fully saturated rings. The number of ether oxygens (including phenoxy) is 1. The van der Waals surface area contributed by atoms with Crippen LogP contribution in [0.5, 0.6) is 5.75 Å². The van der Waals surface area contributed by atoms with Crippen LogP contribution in [-0.2, 0) is 0 Å². The molecule has 0 N–H and O–H groups in total. The summed E-state index contributed by atoms with van der Waals surface area (Å²) >= 11 is 0. The molecule has 0 radical (unpaired) electrons. The van der Waals surface area contributed by atoms with Gasteiger partial charge in [-0.3, -0.25) is 9.59 Å². The molecule has 0 atom stereocenters. The molecular formula is C12H12O3. The molecule has 3 heteroatoms. The Balaban J connectivity index is 0.00000112. The fourth-order valence-electron chi connectivity index (χ4n) is 1.49. The van der Waals surface area contributed by atoms with Gasteiger partial charge in [-0.1, -0.05) is 19.6 Å². The molecule has 1 aromatic carbocycles. The van der Waals surface area contributed by atoms with E-state index in [0.29, 0.717) is 16.9 Å². The Morgan fingerprint density at radius 2 is 1.73 bits per heavy atom. The summed E-state index contributed by atoms with van der Waals surface area (Å²) in [6.07, 6.45) is 2.55. The highest BCUT2D eigenvalue weighted by molar-refractivity contribution is 6.23. The maximum absolute atomic E-state index is 11.5. The lowest BCUT2D eigenvalue weighted by atomic mass is 9.94. The number of fused-ring (bicyclic) bond motifs is 1. The van der Waals surface area contributed by atoms with Gasteiger partial charge in [0.15, 0.2) is 11.6 Å². The number of hydrogen-bond acceptors (Lipinski definition) is 3. The first-order valence-corrected chi connectivity index (χ1v) is 4.18.